The Bertz CT molecular complexity index is 352. The molecule has 0 aliphatic rings. The molecule has 0 saturated heterocycles. The van der Waals surface area contributed by atoms with Gasteiger partial charge in [0.1, 0.15) is 5.15 Å². The third kappa shape index (κ3) is 2.70. The second-order valence-corrected chi connectivity index (χ2v) is 3.69. The zero-order valence-electron chi connectivity index (χ0n) is 8.12. The molecule has 1 heterocycles. The van der Waals surface area contributed by atoms with Crippen LogP contribution in [-0.2, 0) is 4.79 Å². The van der Waals surface area contributed by atoms with Gasteiger partial charge < -0.3 is 5.11 Å². The van der Waals surface area contributed by atoms with E-state index in [-0.39, 0.29) is 12.3 Å². The first-order chi connectivity index (χ1) is 6.50. The molecule has 0 aliphatic heterocycles. The summed E-state index contributed by atoms with van der Waals surface area (Å²) in [6.07, 6.45) is 0.0739. The first kappa shape index (κ1) is 11.0. The highest BCUT2D eigenvalue weighted by Crippen LogP contribution is 2.25. The zero-order valence-corrected chi connectivity index (χ0v) is 8.88. The smallest absolute Gasteiger partial charge is 0.303 e. The van der Waals surface area contributed by atoms with Crippen molar-refractivity contribution in [3.05, 3.63) is 28.5 Å². The van der Waals surface area contributed by atoms with Crippen molar-refractivity contribution in [2.24, 2.45) is 0 Å². The molecule has 14 heavy (non-hydrogen) atoms. The fourth-order valence-corrected chi connectivity index (χ4v) is 1.66. The molecular formula is C10H12ClNO2. The second kappa shape index (κ2) is 4.42. The highest BCUT2D eigenvalue weighted by molar-refractivity contribution is 6.30. The molecule has 0 fully saturated rings. The van der Waals surface area contributed by atoms with E-state index in [1.54, 1.807) is 0 Å². The lowest BCUT2D eigenvalue weighted by atomic mass is 9.99. The molecule has 3 nitrogen and oxygen atoms in total. The van der Waals surface area contributed by atoms with Crippen molar-refractivity contribution in [1.29, 1.82) is 0 Å². The highest BCUT2D eigenvalue weighted by Gasteiger charge is 2.13. The molecule has 4 heteroatoms. The molecule has 0 saturated carbocycles. The predicted octanol–water partition coefficient (Wildman–Crippen LogP) is 2.62. The van der Waals surface area contributed by atoms with E-state index in [9.17, 15) is 4.79 Å². The van der Waals surface area contributed by atoms with Crippen molar-refractivity contribution in [3.63, 3.8) is 0 Å². The molecular weight excluding hydrogens is 202 g/mol. The van der Waals surface area contributed by atoms with Crippen molar-refractivity contribution < 1.29 is 9.90 Å². The van der Waals surface area contributed by atoms with E-state index in [0.29, 0.717) is 5.15 Å². The molecule has 0 amide bonds. The summed E-state index contributed by atoms with van der Waals surface area (Å²) in [7, 11) is 0. The lowest BCUT2D eigenvalue weighted by Gasteiger charge is -2.10. The molecule has 0 spiro atoms. The van der Waals surface area contributed by atoms with Crippen LogP contribution in [0.5, 0.6) is 0 Å². The number of carbonyl (C=O) groups is 1. The number of pyridine rings is 1. The lowest BCUT2D eigenvalue weighted by molar-refractivity contribution is -0.137. The van der Waals surface area contributed by atoms with Crippen LogP contribution < -0.4 is 0 Å². The molecule has 1 aromatic rings. The fraction of sp³-hybridized carbons (Fsp3) is 0.400. The quantitative estimate of drug-likeness (QED) is 0.786. The summed E-state index contributed by atoms with van der Waals surface area (Å²) in [5.74, 6) is -0.928. The van der Waals surface area contributed by atoms with Gasteiger partial charge in [0.15, 0.2) is 0 Å². The maximum atomic E-state index is 10.5. The largest absolute Gasteiger partial charge is 0.481 e. The first-order valence-corrected chi connectivity index (χ1v) is 4.73. The van der Waals surface area contributed by atoms with Gasteiger partial charge >= 0.3 is 5.97 Å². The average molecular weight is 214 g/mol. The van der Waals surface area contributed by atoms with Gasteiger partial charge in [-0.2, -0.15) is 0 Å². The van der Waals surface area contributed by atoms with Gasteiger partial charge in [0, 0.05) is 5.69 Å². The maximum absolute atomic E-state index is 10.5. The van der Waals surface area contributed by atoms with Gasteiger partial charge in [-0.15, -0.1) is 0 Å². The van der Waals surface area contributed by atoms with Crippen molar-refractivity contribution in [3.8, 4) is 0 Å². The van der Waals surface area contributed by atoms with Gasteiger partial charge in [-0.1, -0.05) is 24.6 Å². The number of aromatic nitrogens is 1. The Hall–Kier alpha value is -1.09. The van der Waals surface area contributed by atoms with Crippen molar-refractivity contribution in [1.82, 2.24) is 4.98 Å². The van der Waals surface area contributed by atoms with Crippen LogP contribution in [0.25, 0.3) is 0 Å². The fourth-order valence-electron chi connectivity index (χ4n) is 1.28. The number of carboxylic acid groups (broad SMARTS) is 1. The van der Waals surface area contributed by atoms with Crippen LogP contribution in [0.3, 0.4) is 0 Å². The maximum Gasteiger partial charge on any atom is 0.303 e. The van der Waals surface area contributed by atoms with Crippen molar-refractivity contribution in [2.75, 3.05) is 0 Å². The SMILES string of the molecule is Cc1ccc(C(C)CC(=O)O)c(Cl)n1. The molecule has 1 atom stereocenters. The summed E-state index contributed by atoms with van der Waals surface area (Å²) in [6.45, 7) is 3.67. The van der Waals surface area contributed by atoms with E-state index < -0.39 is 5.97 Å². The summed E-state index contributed by atoms with van der Waals surface area (Å²) < 4.78 is 0. The Kier molecular flexibility index (Phi) is 3.47. The van der Waals surface area contributed by atoms with Crippen LogP contribution in [-0.4, -0.2) is 16.1 Å². The molecule has 0 aromatic carbocycles. The van der Waals surface area contributed by atoms with Gasteiger partial charge in [-0.3, -0.25) is 4.79 Å². The van der Waals surface area contributed by atoms with E-state index in [2.05, 4.69) is 4.98 Å². The summed E-state index contributed by atoms with van der Waals surface area (Å²) in [5.41, 5.74) is 1.63. The minimum absolute atomic E-state index is 0.0739. The van der Waals surface area contributed by atoms with E-state index in [1.807, 2.05) is 26.0 Å². The van der Waals surface area contributed by atoms with E-state index in [4.69, 9.17) is 16.7 Å². The van der Waals surface area contributed by atoms with Crippen LogP contribution in [0.4, 0.5) is 0 Å². The average Bonchev–Trinajstić information content (AvgIpc) is 2.01. The van der Waals surface area contributed by atoms with Crippen molar-refractivity contribution >= 4 is 17.6 Å². The number of halogens is 1. The number of rotatable bonds is 3. The van der Waals surface area contributed by atoms with Gasteiger partial charge in [-0.25, -0.2) is 4.98 Å². The van der Waals surface area contributed by atoms with E-state index >= 15 is 0 Å². The number of carboxylic acids is 1. The normalized spacial score (nSPS) is 12.5. The number of nitrogens with zero attached hydrogens (tertiary/aromatic N) is 1. The number of aryl methyl sites for hydroxylation is 1. The third-order valence-electron chi connectivity index (χ3n) is 2.03. The molecule has 0 aliphatic carbocycles. The second-order valence-electron chi connectivity index (χ2n) is 3.33. The Balaban J connectivity index is 2.90. The number of hydrogen-bond acceptors (Lipinski definition) is 2. The van der Waals surface area contributed by atoms with E-state index in [1.165, 1.54) is 0 Å². The van der Waals surface area contributed by atoms with Crippen LogP contribution in [0, 0.1) is 6.92 Å². The van der Waals surface area contributed by atoms with Crippen LogP contribution in [0.15, 0.2) is 12.1 Å². The standard InChI is InChI=1S/C10H12ClNO2/c1-6(5-9(13)14)8-4-3-7(2)12-10(8)11/h3-4,6H,5H2,1-2H3,(H,13,14). The topological polar surface area (TPSA) is 50.2 Å². The molecule has 0 radical (unpaired) electrons. The van der Waals surface area contributed by atoms with Crippen LogP contribution in [0.2, 0.25) is 5.15 Å². The molecule has 1 rings (SSSR count). The Morgan fingerprint density at radius 3 is 2.79 bits per heavy atom. The molecule has 1 aromatic heterocycles. The molecule has 76 valence electrons. The molecule has 0 bridgehead atoms. The zero-order chi connectivity index (χ0) is 10.7. The monoisotopic (exact) mass is 213 g/mol. The molecule has 1 unspecified atom stereocenters. The summed E-state index contributed by atoms with van der Waals surface area (Å²) in [4.78, 5) is 14.6. The van der Waals surface area contributed by atoms with Crippen molar-refractivity contribution in [2.45, 2.75) is 26.2 Å². The Morgan fingerprint density at radius 2 is 2.29 bits per heavy atom. The van der Waals surface area contributed by atoms with Crippen LogP contribution in [0.1, 0.15) is 30.5 Å². The summed E-state index contributed by atoms with van der Waals surface area (Å²) in [6, 6.07) is 3.66. The van der Waals surface area contributed by atoms with Gasteiger partial charge in [-0.05, 0) is 24.5 Å². The Labute approximate surface area is 87.7 Å². The summed E-state index contributed by atoms with van der Waals surface area (Å²) in [5, 5.41) is 9.03. The van der Waals surface area contributed by atoms with Gasteiger partial charge in [0.05, 0.1) is 6.42 Å². The van der Waals surface area contributed by atoms with Gasteiger partial charge in [0.2, 0.25) is 0 Å². The summed E-state index contributed by atoms with van der Waals surface area (Å²) >= 11 is 5.90. The third-order valence-corrected chi connectivity index (χ3v) is 2.33. The number of aliphatic carboxylic acids is 1. The Morgan fingerprint density at radius 1 is 1.64 bits per heavy atom. The van der Waals surface area contributed by atoms with Crippen LogP contribution >= 0.6 is 11.6 Å². The number of hydrogen-bond donors (Lipinski definition) is 1. The first-order valence-electron chi connectivity index (χ1n) is 4.35. The van der Waals surface area contributed by atoms with E-state index in [0.717, 1.165) is 11.3 Å². The molecule has 1 N–H and O–H groups in total. The highest BCUT2D eigenvalue weighted by atomic mass is 35.5. The minimum atomic E-state index is -0.825. The van der Waals surface area contributed by atoms with Gasteiger partial charge in [0.25, 0.3) is 0 Å². The minimum Gasteiger partial charge on any atom is -0.481 e. The predicted molar refractivity (Wildman–Crippen MR) is 54.7 cm³/mol. The lowest BCUT2D eigenvalue weighted by Crippen LogP contribution is -2.04.